The zero-order valence-corrected chi connectivity index (χ0v) is 14.8. The molecular formula is C21H20N4O2. The van der Waals surface area contributed by atoms with Crippen LogP contribution in [0.4, 0.5) is 5.82 Å². The number of anilines is 1. The summed E-state index contributed by atoms with van der Waals surface area (Å²) >= 11 is 0. The minimum atomic E-state index is 0.00521. The van der Waals surface area contributed by atoms with Crippen molar-refractivity contribution in [1.82, 2.24) is 15.0 Å². The number of ether oxygens (including phenoxy) is 1. The molecule has 0 atom stereocenters. The number of hydrogen-bond acceptors (Lipinski definition) is 6. The Bertz CT molecular complexity index is 965. The van der Waals surface area contributed by atoms with Crippen LogP contribution >= 0.6 is 0 Å². The second-order valence-corrected chi connectivity index (χ2v) is 5.69. The molecule has 136 valence electrons. The molecule has 0 aliphatic carbocycles. The van der Waals surface area contributed by atoms with Crippen LogP contribution in [0.3, 0.4) is 0 Å². The molecule has 0 saturated carbocycles. The Balaban J connectivity index is 1.88. The fraction of sp³-hybridized carbons (Fsp3) is 0.190. The van der Waals surface area contributed by atoms with Crippen molar-refractivity contribution in [2.45, 2.75) is 0 Å². The minimum Gasteiger partial charge on any atom is -0.394 e. The van der Waals surface area contributed by atoms with Gasteiger partial charge in [-0.15, -0.1) is 6.42 Å². The fourth-order valence-corrected chi connectivity index (χ4v) is 2.50. The van der Waals surface area contributed by atoms with Gasteiger partial charge in [0, 0.05) is 29.9 Å². The Hall–Kier alpha value is -3.27. The first-order valence-corrected chi connectivity index (χ1v) is 8.59. The van der Waals surface area contributed by atoms with Gasteiger partial charge < -0.3 is 15.2 Å². The van der Waals surface area contributed by atoms with Gasteiger partial charge in [-0.05, 0) is 42.0 Å². The molecule has 6 nitrogen and oxygen atoms in total. The first-order chi connectivity index (χ1) is 13.3. The lowest BCUT2D eigenvalue weighted by molar-refractivity contribution is 0.0992. The number of hydrogen-bond donors (Lipinski definition) is 2. The molecule has 0 bridgehead atoms. The van der Waals surface area contributed by atoms with E-state index in [1.165, 1.54) is 0 Å². The van der Waals surface area contributed by atoms with Crippen LogP contribution in [0.2, 0.25) is 0 Å². The molecule has 0 saturated heterocycles. The highest BCUT2D eigenvalue weighted by Gasteiger charge is 2.07. The molecule has 0 fully saturated rings. The van der Waals surface area contributed by atoms with Crippen LogP contribution in [-0.2, 0) is 4.74 Å². The van der Waals surface area contributed by atoms with Crippen LogP contribution in [0.25, 0.3) is 23.1 Å². The van der Waals surface area contributed by atoms with Crippen molar-refractivity contribution < 1.29 is 9.84 Å². The Morgan fingerprint density at radius 3 is 2.89 bits per heavy atom. The van der Waals surface area contributed by atoms with Crippen molar-refractivity contribution >= 4 is 28.9 Å². The number of fused-ring (bicyclic) bond motifs is 1. The van der Waals surface area contributed by atoms with E-state index in [1.54, 1.807) is 12.4 Å². The fourth-order valence-electron chi connectivity index (χ4n) is 2.50. The van der Waals surface area contributed by atoms with Gasteiger partial charge in [-0.25, -0.2) is 9.97 Å². The second-order valence-electron chi connectivity index (χ2n) is 5.69. The Kier molecular flexibility index (Phi) is 6.47. The predicted octanol–water partition coefficient (Wildman–Crippen LogP) is 2.60. The molecule has 0 spiro atoms. The van der Waals surface area contributed by atoms with Gasteiger partial charge in [-0.1, -0.05) is 12.0 Å². The molecule has 0 amide bonds. The highest BCUT2D eigenvalue weighted by molar-refractivity contribution is 5.91. The van der Waals surface area contributed by atoms with E-state index in [2.05, 4.69) is 26.2 Å². The molecule has 2 heterocycles. The van der Waals surface area contributed by atoms with E-state index in [0.29, 0.717) is 31.4 Å². The lowest BCUT2D eigenvalue weighted by Crippen LogP contribution is -2.13. The van der Waals surface area contributed by atoms with Gasteiger partial charge in [-0.2, -0.15) is 0 Å². The van der Waals surface area contributed by atoms with Crippen molar-refractivity contribution in [1.29, 1.82) is 0 Å². The van der Waals surface area contributed by atoms with Crippen LogP contribution in [0.15, 0.2) is 42.7 Å². The summed E-state index contributed by atoms with van der Waals surface area (Å²) in [5, 5.41) is 12.9. The molecule has 2 N–H and O–H groups in total. The van der Waals surface area contributed by atoms with E-state index in [1.807, 2.05) is 42.5 Å². The number of aromatic nitrogens is 3. The van der Waals surface area contributed by atoms with Gasteiger partial charge in [0.25, 0.3) is 0 Å². The lowest BCUT2D eigenvalue weighted by Gasteiger charge is -2.10. The van der Waals surface area contributed by atoms with E-state index < -0.39 is 0 Å². The standard InChI is InChI=1S/C21H20N4O2/c1-2-16-5-7-19-18(14-16)21(23-10-12-27-13-11-26)25-20(24-19)8-6-17-4-3-9-22-15-17/h1,3-9,14-15,26H,10-13H2,(H,23,24,25). The quantitative estimate of drug-likeness (QED) is 0.475. The summed E-state index contributed by atoms with van der Waals surface area (Å²) in [4.78, 5) is 13.3. The van der Waals surface area contributed by atoms with Crippen molar-refractivity contribution in [2.75, 3.05) is 31.7 Å². The molecule has 3 rings (SSSR count). The number of benzene rings is 1. The van der Waals surface area contributed by atoms with Gasteiger partial charge in [-0.3, -0.25) is 4.98 Å². The molecule has 0 aliphatic rings. The van der Waals surface area contributed by atoms with E-state index >= 15 is 0 Å². The van der Waals surface area contributed by atoms with Crippen molar-refractivity contribution in [3.05, 3.63) is 59.7 Å². The largest absolute Gasteiger partial charge is 0.394 e. The summed E-state index contributed by atoms with van der Waals surface area (Å²) in [6.45, 7) is 1.33. The number of rotatable bonds is 8. The summed E-state index contributed by atoms with van der Waals surface area (Å²) in [6.07, 6.45) is 12.8. The van der Waals surface area contributed by atoms with Gasteiger partial charge in [0.1, 0.15) is 5.82 Å². The summed E-state index contributed by atoms with van der Waals surface area (Å²) in [5.41, 5.74) is 2.54. The average Bonchev–Trinajstić information content (AvgIpc) is 2.72. The van der Waals surface area contributed by atoms with E-state index in [0.717, 1.165) is 22.0 Å². The molecule has 0 radical (unpaired) electrons. The van der Waals surface area contributed by atoms with E-state index in [9.17, 15) is 0 Å². The average molecular weight is 360 g/mol. The molecule has 27 heavy (non-hydrogen) atoms. The topological polar surface area (TPSA) is 80.2 Å². The van der Waals surface area contributed by atoms with Crippen LogP contribution in [0.1, 0.15) is 17.0 Å². The van der Waals surface area contributed by atoms with Crippen molar-refractivity contribution in [2.24, 2.45) is 0 Å². The van der Waals surface area contributed by atoms with Gasteiger partial charge in [0.05, 0.1) is 25.3 Å². The van der Waals surface area contributed by atoms with Gasteiger partial charge >= 0.3 is 0 Å². The van der Waals surface area contributed by atoms with Crippen LogP contribution in [-0.4, -0.2) is 46.4 Å². The molecular weight excluding hydrogens is 340 g/mol. The summed E-state index contributed by atoms with van der Waals surface area (Å²) in [6, 6.07) is 9.48. The molecule has 0 unspecified atom stereocenters. The Morgan fingerprint density at radius 2 is 2.11 bits per heavy atom. The normalized spacial score (nSPS) is 11.0. The molecule has 0 aliphatic heterocycles. The van der Waals surface area contributed by atoms with Crippen molar-refractivity contribution in [3.63, 3.8) is 0 Å². The maximum absolute atomic E-state index is 8.77. The zero-order chi connectivity index (χ0) is 18.9. The van der Waals surface area contributed by atoms with E-state index in [-0.39, 0.29) is 6.61 Å². The first kappa shape index (κ1) is 18.5. The van der Waals surface area contributed by atoms with E-state index in [4.69, 9.17) is 16.3 Å². The number of terminal acetylenes is 1. The predicted molar refractivity (Wildman–Crippen MR) is 107 cm³/mol. The maximum atomic E-state index is 8.77. The lowest BCUT2D eigenvalue weighted by atomic mass is 10.1. The van der Waals surface area contributed by atoms with Gasteiger partial charge in [0.15, 0.2) is 5.82 Å². The molecule has 6 heteroatoms. The zero-order valence-electron chi connectivity index (χ0n) is 14.8. The summed E-state index contributed by atoms with van der Waals surface area (Å²) < 4.78 is 5.29. The number of aliphatic hydroxyl groups is 1. The SMILES string of the molecule is C#Cc1ccc2nc(C=Cc3cccnc3)nc(NCCOCCO)c2c1. The highest BCUT2D eigenvalue weighted by atomic mass is 16.5. The third kappa shape index (κ3) is 5.11. The number of nitrogens with zero attached hydrogens (tertiary/aromatic N) is 3. The number of pyridine rings is 1. The number of nitrogens with one attached hydrogen (secondary N) is 1. The minimum absolute atomic E-state index is 0.00521. The van der Waals surface area contributed by atoms with Crippen LogP contribution < -0.4 is 5.32 Å². The highest BCUT2D eigenvalue weighted by Crippen LogP contribution is 2.22. The smallest absolute Gasteiger partial charge is 0.154 e. The number of aliphatic hydroxyl groups excluding tert-OH is 1. The Morgan fingerprint density at radius 1 is 1.19 bits per heavy atom. The third-order valence-electron chi connectivity index (χ3n) is 3.76. The monoisotopic (exact) mass is 360 g/mol. The summed E-state index contributed by atoms with van der Waals surface area (Å²) in [5.74, 6) is 3.91. The third-order valence-corrected chi connectivity index (χ3v) is 3.76. The first-order valence-electron chi connectivity index (χ1n) is 8.59. The molecule has 3 aromatic rings. The van der Waals surface area contributed by atoms with Gasteiger partial charge in [0.2, 0.25) is 0 Å². The molecule has 2 aromatic heterocycles. The summed E-state index contributed by atoms with van der Waals surface area (Å²) in [7, 11) is 0. The van der Waals surface area contributed by atoms with Crippen LogP contribution in [0, 0.1) is 12.3 Å². The second kappa shape index (κ2) is 9.43. The van der Waals surface area contributed by atoms with Crippen LogP contribution in [0.5, 0.6) is 0 Å². The van der Waals surface area contributed by atoms with Crippen molar-refractivity contribution in [3.8, 4) is 12.3 Å². The maximum Gasteiger partial charge on any atom is 0.154 e. The molecule has 1 aromatic carbocycles. The Labute approximate surface area is 158 Å².